The fourth-order valence-corrected chi connectivity index (χ4v) is 2.82. The van der Waals surface area contributed by atoms with Crippen LogP contribution in [-0.4, -0.2) is 38.0 Å². The molecular weight excluding hydrogens is 222 g/mol. The number of nitrogens with one attached hydrogen (secondary N) is 1. The van der Waals surface area contributed by atoms with Gasteiger partial charge in [0.1, 0.15) is 0 Å². The van der Waals surface area contributed by atoms with Gasteiger partial charge >= 0.3 is 0 Å². The van der Waals surface area contributed by atoms with Crippen LogP contribution < -0.4 is 5.32 Å². The molecule has 1 aliphatic rings. The van der Waals surface area contributed by atoms with Crippen LogP contribution >= 0.6 is 11.8 Å². The normalized spacial score (nSPS) is 19.1. The van der Waals surface area contributed by atoms with Crippen LogP contribution in [0.5, 0.6) is 0 Å². The Kier molecular flexibility index (Phi) is 4.17. The maximum absolute atomic E-state index is 3.97. The van der Waals surface area contributed by atoms with E-state index in [-0.39, 0.29) is 0 Å². The van der Waals surface area contributed by atoms with E-state index in [0.29, 0.717) is 5.25 Å². The van der Waals surface area contributed by atoms with Crippen LogP contribution in [0.25, 0.3) is 0 Å². The predicted molar refractivity (Wildman–Crippen MR) is 64.4 cm³/mol. The molecule has 5 nitrogen and oxygen atoms in total. The highest BCUT2D eigenvalue weighted by molar-refractivity contribution is 7.99. The van der Waals surface area contributed by atoms with Crippen molar-refractivity contribution in [1.82, 2.24) is 25.5 Å². The molecule has 0 radical (unpaired) electrons. The van der Waals surface area contributed by atoms with Gasteiger partial charge < -0.3 is 5.32 Å². The Morgan fingerprint density at radius 3 is 2.88 bits per heavy atom. The second-order valence-corrected chi connectivity index (χ2v) is 5.81. The molecule has 1 N–H and O–H groups in total. The van der Waals surface area contributed by atoms with Crippen LogP contribution in [0.15, 0.2) is 5.16 Å². The Morgan fingerprint density at radius 1 is 1.50 bits per heavy atom. The fourth-order valence-electron chi connectivity index (χ4n) is 2.01. The number of hydrogen-bond acceptors (Lipinski definition) is 5. The molecule has 0 spiro atoms. The van der Waals surface area contributed by atoms with Crippen molar-refractivity contribution in [3.05, 3.63) is 0 Å². The van der Waals surface area contributed by atoms with Crippen molar-refractivity contribution < 1.29 is 0 Å². The van der Waals surface area contributed by atoms with E-state index in [1.165, 1.54) is 25.7 Å². The van der Waals surface area contributed by atoms with E-state index in [9.17, 15) is 0 Å². The van der Waals surface area contributed by atoms with Crippen LogP contribution in [0.4, 0.5) is 0 Å². The lowest BCUT2D eigenvalue weighted by atomic mass is 10.2. The number of hydrogen-bond donors (Lipinski definition) is 1. The number of nitrogens with zero attached hydrogens (tertiary/aromatic N) is 4. The summed E-state index contributed by atoms with van der Waals surface area (Å²) in [6.07, 6.45) is 5.44. The number of rotatable bonds is 5. The number of thioether (sulfide) groups is 1. The Hall–Kier alpha value is -0.620. The van der Waals surface area contributed by atoms with E-state index < -0.39 is 0 Å². The first-order valence-electron chi connectivity index (χ1n) is 5.88. The van der Waals surface area contributed by atoms with Gasteiger partial charge in [-0.3, -0.25) is 0 Å². The van der Waals surface area contributed by atoms with Crippen LogP contribution in [-0.2, 0) is 7.05 Å². The Bertz CT molecular complexity index is 321. The first-order chi connectivity index (χ1) is 7.75. The summed E-state index contributed by atoms with van der Waals surface area (Å²) in [6, 6.07) is 0.737. The third-order valence-corrected chi connectivity index (χ3v) is 4.06. The van der Waals surface area contributed by atoms with Gasteiger partial charge in [0.05, 0.1) is 0 Å². The van der Waals surface area contributed by atoms with Crippen molar-refractivity contribution in [2.45, 2.75) is 49.1 Å². The summed E-state index contributed by atoms with van der Waals surface area (Å²) in [6.45, 7) is 3.24. The Morgan fingerprint density at radius 2 is 2.25 bits per heavy atom. The second kappa shape index (κ2) is 5.63. The number of tetrazole rings is 1. The van der Waals surface area contributed by atoms with Gasteiger partial charge in [-0.15, -0.1) is 5.10 Å². The number of aromatic nitrogens is 4. The topological polar surface area (TPSA) is 55.6 Å². The van der Waals surface area contributed by atoms with Gasteiger partial charge in [-0.25, -0.2) is 4.68 Å². The molecule has 1 fully saturated rings. The monoisotopic (exact) mass is 241 g/mol. The Balaban J connectivity index is 1.71. The standard InChI is InChI=1S/C10H19N5S/c1-8(7-11-9-5-3-4-6-9)16-10-12-13-14-15(10)2/h8-9,11H,3-7H2,1-2H3. The molecule has 0 saturated heterocycles. The summed E-state index contributed by atoms with van der Waals surface area (Å²) in [5.74, 6) is 0. The van der Waals surface area contributed by atoms with Gasteiger partial charge in [0, 0.05) is 24.9 Å². The average molecular weight is 241 g/mol. The molecule has 1 saturated carbocycles. The number of aryl methyl sites for hydroxylation is 1. The molecule has 1 unspecified atom stereocenters. The van der Waals surface area contributed by atoms with Crippen LogP contribution in [0.1, 0.15) is 32.6 Å². The van der Waals surface area contributed by atoms with Crippen molar-refractivity contribution in [3.8, 4) is 0 Å². The minimum absolute atomic E-state index is 0.505. The minimum Gasteiger partial charge on any atom is -0.313 e. The molecule has 0 bridgehead atoms. The second-order valence-electron chi connectivity index (χ2n) is 4.40. The minimum atomic E-state index is 0.505. The van der Waals surface area contributed by atoms with E-state index in [0.717, 1.165) is 17.7 Å². The van der Waals surface area contributed by atoms with Gasteiger partial charge in [0.15, 0.2) is 0 Å². The zero-order chi connectivity index (χ0) is 11.4. The molecule has 6 heteroatoms. The molecule has 90 valence electrons. The highest BCUT2D eigenvalue weighted by atomic mass is 32.2. The fraction of sp³-hybridized carbons (Fsp3) is 0.900. The van der Waals surface area contributed by atoms with Crippen molar-refractivity contribution >= 4 is 11.8 Å². The summed E-state index contributed by atoms with van der Waals surface area (Å²) in [5, 5.41) is 16.4. The maximum Gasteiger partial charge on any atom is 0.209 e. The van der Waals surface area contributed by atoms with Gasteiger partial charge in [-0.1, -0.05) is 31.5 Å². The summed E-state index contributed by atoms with van der Waals surface area (Å²) in [4.78, 5) is 0. The third kappa shape index (κ3) is 3.18. The van der Waals surface area contributed by atoms with E-state index in [1.54, 1.807) is 16.4 Å². The van der Waals surface area contributed by atoms with Gasteiger partial charge in [-0.05, 0) is 23.3 Å². The SMILES string of the molecule is CC(CNC1CCCC1)Sc1nnnn1C. The van der Waals surface area contributed by atoms with Crippen molar-refractivity contribution in [2.24, 2.45) is 7.05 Å². The van der Waals surface area contributed by atoms with E-state index >= 15 is 0 Å². The first-order valence-corrected chi connectivity index (χ1v) is 6.76. The van der Waals surface area contributed by atoms with Crippen LogP contribution in [0.2, 0.25) is 0 Å². The molecule has 0 aliphatic heterocycles. The molecule has 2 rings (SSSR count). The molecule has 1 aliphatic carbocycles. The maximum atomic E-state index is 3.97. The molecular formula is C10H19N5S. The largest absolute Gasteiger partial charge is 0.313 e. The lowest BCUT2D eigenvalue weighted by Crippen LogP contribution is -2.31. The Labute approximate surface area is 100 Å². The van der Waals surface area contributed by atoms with Crippen molar-refractivity contribution in [2.75, 3.05) is 6.54 Å². The average Bonchev–Trinajstić information content (AvgIpc) is 2.88. The van der Waals surface area contributed by atoms with Crippen molar-refractivity contribution in [1.29, 1.82) is 0 Å². The summed E-state index contributed by atoms with van der Waals surface area (Å²) in [5.41, 5.74) is 0. The molecule has 1 aromatic heterocycles. The zero-order valence-electron chi connectivity index (χ0n) is 9.89. The molecule has 1 atom stereocenters. The molecule has 1 heterocycles. The highest BCUT2D eigenvalue weighted by Gasteiger charge is 2.16. The predicted octanol–water partition coefficient (Wildman–Crippen LogP) is 1.22. The van der Waals surface area contributed by atoms with Gasteiger partial charge in [0.2, 0.25) is 5.16 Å². The van der Waals surface area contributed by atoms with Gasteiger partial charge in [0.25, 0.3) is 0 Å². The lowest BCUT2D eigenvalue weighted by molar-refractivity contribution is 0.526. The third-order valence-electron chi connectivity index (χ3n) is 2.94. The molecule has 0 aromatic carbocycles. The highest BCUT2D eigenvalue weighted by Crippen LogP contribution is 2.21. The van der Waals surface area contributed by atoms with E-state index in [2.05, 4.69) is 27.8 Å². The summed E-state index contributed by atoms with van der Waals surface area (Å²) >= 11 is 1.72. The molecule has 0 amide bonds. The van der Waals surface area contributed by atoms with Crippen LogP contribution in [0.3, 0.4) is 0 Å². The van der Waals surface area contributed by atoms with Crippen molar-refractivity contribution in [3.63, 3.8) is 0 Å². The quantitative estimate of drug-likeness (QED) is 0.786. The zero-order valence-corrected chi connectivity index (χ0v) is 10.7. The first kappa shape index (κ1) is 11.9. The van der Waals surface area contributed by atoms with E-state index in [1.807, 2.05) is 7.05 Å². The van der Waals surface area contributed by atoms with Gasteiger partial charge in [-0.2, -0.15) is 0 Å². The lowest BCUT2D eigenvalue weighted by Gasteiger charge is -2.15. The molecule has 1 aromatic rings. The smallest absolute Gasteiger partial charge is 0.209 e. The summed E-state index contributed by atoms with van der Waals surface area (Å²) < 4.78 is 1.72. The van der Waals surface area contributed by atoms with E-state index in [4.69, 9.17) is 0 Å². The molecule has 16 heavy (non-hydrogen) atoms. The van der Waals surface area contributed by atoms with Crippen LogP contribution in [0, 0.1) is 0 Å². The summed E-state index contributed by atoms with van der Waals surface area (Å²) in [7, 11) is 1.87.